The second-order valence-electron chi connectivity index (χ2n) is 7.28. The van der Waals surface area contributed by atoms with Crippen molar-refractivity contribution in [2.75, 3.05) is 16.2 Å². The third-order valence-corrected chi connectivity index (χ3v) is 7.84. The summed E-state index contributed by atoms with van der Waals surface area (Å²) in [6, 6.07) is 20.1. The van der Waals surface area contributed by atoms with Gasteiger partial charge in [-0.25, -0.2) is 8.42 Å². The quantitative estimate of drug-likeness (QED) is 0.331. The first kappa shape index (κ1) is 24.2. The molecule has 0 bridgehead atoms. The van der Waals surface area contributed by atoms with E-state index in [9.17, 15) is 13.2 Å². The van der Waals surface area contributed by atoms with Crippen molar-refractivity contribution in [3.05, 3.63) is 88.4 Å². The number of halogens is 2. The standard InChI is InChI=1S/C23H18Cl2N4O3S2/c1-15-7-9-20(10-8-15)34(31,32)29(19-12-17(24)11-18(25)13-19)14-21(30)26-23-28-27-22(33-23)16-5-3-2-4-6-16/h2-13H,14H2,1H3,(H,26,28,30). The average Bonchev–Trinajstić information content (AvgIpc) is 3.26. The fraction of sp³-hybridized carbons (Fsp3) is 0.0870. The molecule has 0 atom stereocenters. The van der Waals surface area contributed by atoms with Gasteiger partial charge in [-0.05, 0) is 37.3 Å². The van der Waals surface area contributed by atoms with Crippen LogP contribution >= 0.6 is 34.5 Å². The Kier molecular flexibility index (Phi) is 7.18. The Hall–Kier alpha value is -2.98. The number of aromatic nitrogens is 2. The van der Waals surface area contributed by atoms with Crippen molar-refractivity contribution in [1.82, 2.24) is 10.2 Å². The normalized spacial score (nSPS) is 11.3. The van der Waals surface area contributed by atoms with Crippen LogP contribution in [0.3, 0.4) is 0 Å². The monoisotopic (exact) mass is 532 g/mol. The van der Waals surface area contributed by atoms with Crippen molar-refractivity contribution < 1.29 is 13.2 Å². The highest BCUT2D eigenvalue weighted by molar-refractivity contribution is 7.92. The van der Waals surface area contributed by atoms with Gasteiger partial charge in [-0.1, -0.05) is 82.6 Å². The van der Waals surface area contributed by atoms with Crippen molar-refractivity contribution in [3.63, 3.8) is 0 Å². The molecule has 7 nitrogen and oxygen atoms in total. The van der Waals surface area contributed by atoms with Crippen LogP contribution in [-0.2, 0) is 14.8 Å². The van der Waals surface area contributed by atoms with Crippen LogP contribution in [-0.4, -0.2) is 31.1 Å². The zero-order chi connectivity index (χ0) is 24.3. The van der Waals surface area contributed by atoms with E-state index < -0.39 is 22.5 Å². The van der Waals surface area contributed by atoms with Gasteiger partial charge in [-0.3, -0.25) is 14.4 Å². The number of anilines is 2. The molecule has 0 saturated carbocycles. The molecule has 4 rings (SSSR count). The molecule has 0 aliphatic rings. The molecular formula is C23H18Cl2N4O3S2. The van der Waals surface area contributed by atoms with E-state index in [0.717, 1.165) is 15.4 Å². The van der Waals surface area contributed by atoms with Crippen molar-refractivity contribution >= 4 is 61.3 Å². The van der Waals surface area contributed by atoms with Gasteiger partial charge in [0.1, 0.15) is 11.6 Å². The summed E-state index contributed by atoms with van der Waals surface area (Å²) in [7, 11) is -4.11. The summed E-state index contributed by atoms with van der Waals surface area (Å²) in [4.78, 5) is 12.9. The van der Waals surface area contributed by atoms with E-state index in [4.69, 9.17) is 23.2 Å². The highest BCUT2D eigenvalue weighted by Gasteiger charge is 2.28. The van der Waals surface area contributed by atoms with Crippen LogP contribution in [0.4, 0.5) is 10.8 Å². The molecule has 0 fully saturated rings. The van der Waals surface area contributed by atoms with E-state index in [1.807, 2.05) is 37.3 Å². The van der Waals surface area contributed by atoms with Gasteiger partial charge in [0.2, 0.25) is 11.0 Å². The summed E-state index contributed by atoms with van der Waals surface area (Å²) >= 11 is 13.4. The maximum atomic E-state index is 13.5. The van der Waals surface area contributed by atoms with Crippen LogP contribution in [0.5, 0.6) is 0 Å². The average molecular weight is 533 g/mol. The third kappa shape index (κ3) is 5.56. The lowest BCUT2D eigenvalue weighted by atomic mass is 10.2. The van der Waals surface area contributed by atoms with E-state index >= 15 is 0 Å². The number of amides is 1. The van der Waals surface area contributed by atoms with E-state index in [0.29, 0.717) is 5.01 Å². The lowest BCUT2D eigenvalue weighted by Gasteiger charge is -2.24. The second kappa shape index (κ2) is 10.1. The van der Waals surface area contributed by atoms with Crippen LogP contribution in [0.15, 0.2) is 77.7 Å². The molecule has 174 valence electrons. The summed E-state index contributed by atoms with van der Waals surface area (Å²) in [6.45, 7) is 1.33. The smallest absolute Gasteiger partial charge is 0.264 e. The first-order valence-corrected chi connectivity index (χ1v) is 13.0. The van der Waals surface area contributed by atoms with Crippen LogP contribution in [0.2, 0.25) is 10.0 Å². The molecule has 0 spiro atoms. The van der Waals surface area contributed by atoms with E-state index in [-0.39, 0.29) is 25.8 Å². The molecule has 0 aliphatic carbocycles. The van der Waals surface area contributed by atoms with Gasteiger partial charge in [0.25, 0.3) is 10.0 Å². The molecule has 11 heteroatoms. The molecule has 0 aliphatic heterocycles. The first-order valence-electron chi connectivity index (χ1n) is 9.97. The largest absolute Gasteiger partial charge is 0.299 e. The minimum atomic E-state index is -4.11. The molecule has 1 N–H and O–H groups in total. The number of nitrogens with one attached hydrogen (secondary N) is 1. The van der Waals surface area contributed by atoms with Gasteiger partial charge < -0.3 is 0 Å². The Bertz CT molecular complexity index is 1410. The highest BCUT2D eigenvalue weighted by atomic mass is 35.5. The zero-order valence-electron chi connectivity index (χ0n) is 17.8. The summed E-state index contributed by atoms with van der Waals surface area (Å²) in [5, 5.41) is 12.1. The fourth-order valence-corrected chi connectivity index (χ4v) is 5.78. The summed E-state index contributed by atoms with van der Waals surface area (Å²) < 4.78 is 27.9. The molecular weight excluding hydrogens is 515 g/mol. The maximum absolute atomic E-state index is 13.5. The van der Waals surface area contributed by atoms with Crippen molar-refractivity contribution in [2.45, 2.75) is 11.8 Å². The van der Waals surface area contributed by atoms with E-state index in [2.05, 4.69) is 15.5 Å². The summed E-state index contributed by atoms with van der Waals surface area (Å²) in [6.07, 6.45) is 0. The number of carbonyl (C=O) groups excluding carboxylic acids is 1. The van der Waals surface area contributed by atoms with Crippen LogP contribution < -0.4 is 9.62 Å². The van der Waals surface area contributed by atoms with Crippen molar-refractivity contribution in [2.24, 2.45) is 0 Å². The third-order valence-electron chi connectivity index (χ3n) is 4.72. The Morgan fingerprint density at radius 1 is 0.971 bits per heavy atom. The van der Waals surface area contributed by atoms with Crippen LogP contribution in [0, 0.1) is 6.92 Å². The number of hydrogen-bond acceptors (Lipinski definition) is 6. The lowest BCUT2D eigenvalue weighted by molar-refractivity contribution is -0.114. The summed E-state index contributed by atoms with van der Waals surface area (Å²) in [5.74, 6) is -0.595. The SMILES string of the molecule is Cc1ccc(S(=O)(=O)N(CC(=O)Nc2nnc(-c3ccccc3)s2)c2cc(Cl)cc(Cl)c2)cc1. The fourth-order valence-electron chi connectivity index (χ4n) is 3.10. The highest BCUT2D eigenvalue weighted by Crippen LogP contribution is 2.30. The van der Waals surface area contributed by atoms with Gasteiger partial charge >= 0.3 is 0 Å². The number of hydrogen-bond donors (Lipinski definition) is 1. The van der Waals surface area contributed by atoms with E-state index in [1.54, 1.807) is 12.1 Å². The van der Waals surface area contributed by atoms with Crippen molar-refractivity contribution in [3.8, 4) is 10.6 Å². The van der Waals surface area contributed by atoms with Gasteiger partial charge in [-0.15, -0.1) is 10.2 Å². The number of aryl methyl sites for hydroxylation is 1. The van der Waals surface area contributed by atoms with Gasteiger partial charge in [0.15, 0.2) is 0 Å². The maximum Gasteiger partial charge on any atom is 0.264 e. The molecule has 4 aromatic rings. The summed E-state index contributed by atoms with van der Waals surface area (Å²) in [5.41, 5.74) is 1.92. The van der Waals surface area contributed by atoms with E-state index in [1.165, 1.54) is 41.7 Å². The topological polar surface area (TPSA) is 92.3 Å². The molecule has 3 aromatic carbocycles. The molecule has 1 amide bonds. The number of carbonyl (C=O) groups is 1. The zero-order valence-corrected chi connectivity index (χ0v) is 20.9. The van der Waals surface area contributed by atoms with Gasteiger partial charge in [-0.2, -0.15) is 0 Å². The van der Waals surface area contributed by atoms with Crippen LogP contribution in [0.1, 0.15) is 5.56 Å². The molecule has 0 radical (unpaired) electrons. The number of benzene rings is 3. The molecule has 1 aromatic heterocycles. The Morgan fingerprint density at radius 2 is 1.62 bits per heavy atom. The van der Waals surface area contributed by atoms with Crippen molar-refractivity contribution in [1.29, 1.82) is 0 Å². The first-order chi connectivity index (χ1) is 16.2. The number of nitrogens with zero attached hydrogens (tertiary/aromatic N) is 3. The molecule has 0 unspecified atom stereocenters. The Labute approximate surface area is 211 Å². The molecule has 34 heavy (non-hydrogen) atoms. The van der Waals surface area contributed by atoms with Gasteiger partial charge in [0, 0.05) is 15.6 Å². The van der Waals surface area contributed by atoms with Crippen LogP contribution in [0.25, 0.3) is 10.6 Å². The lowest BCUT2D eigenvalue weighted by Crippen LogP contribution is -2.38. The second-order valence-corrected chi connectivity index (χ2v) is 11.0. The number of sulfonamides is 1. The minimum Gasteiger partial charge on any atom is -0.299 e. The number of rotatable bonds is 7. The Balaban J connectivity index is 1.62. The predicted molar refractivity (Wildman–Crippen MR) is 136 cm³/mol. The van der Waals surface area contributed by atoms with Gasteiger partial charge in [0.05, 0.1) is 10.6 Å². The molecule has 1 heterocycles. The Morgan fingerprint density at radius 3 is 2.26 bits per heavy atom. The molecule has 0 saturated heterocycles. The minimum absolute atomic E-state index is 0.0317. The predicted octanol–water partition coefficient (Wildman–Crippen LogP) is 5.65.